The van der Waals surface area contributed by atoms with Crippen LogP contribution in [-0.4, -0.2) is 37.8 Å². The van der Waals surface area contributed by atoms with E-state index in [0.717, 1.165) is 6.07 Å². The molecule has 2 aromatic rings. The molecule has 0 bridgehead atoms. The Labute approximate surface area is 152 Å². The van der Waals surface area contributed by atoms with Crippen LogP contribution in [0.2, 0.25) is 0 Å². The third-order valence-electron chi connectivity index (χ3n) is 3.61. The molecular weight excluding hydrogens is 360 g/mol. The maximum Gasteiger partial charge on any atom is 0.335 e. The third-order valence-corrected chi connectivity index (χ3v) is 4.35. The summed E-state index contributed by atoms with van der Waals surface area (Å²) in [5.74, 6) is -2.79. The molecule has 0 aromatic heterocycles. The quantitative estimate of drug-likeness (QED) is 0.438. The van der Waals surface area contributed by atoms with Crippen LogP contribution in [-0.2, 0) is 11.0 Å². The zero-order valence-corrected chi connectivity index (χ0v) is 14.8. The van der Waals surface area contributed by atoms with Crippen molar-refractivity contribution >= 4 is 22.6 Å². The number of ether oxygens (including phenoxy) is 1. The fraction of sp³-hybridized carbons (Fsp3) is 0.235. The van der Waals surface area contributed by atoms with Gasteiger partial charge in [-0.3, -0.25) is 0 Å². The zero-order chi connectivity index (χ0) is 19.3. The van der Waals surface area contributed by atoms with Gasteiger partial charge in [0.15, 0.2) is 11.5 Å². The highest BCUT2D eigenvalue weighted by Gasteiger charge is 2.23. The Balaban J connectivity index is 2.52. The Morgan fingerprint density at radius 1 is 1.27 bits per heavy atom. The number of aliphatic hydroxyl groups is 2. The van der Waals surface area contributed by atoms with E-state index in [1.165, 1.54) is 6.07 Å². The molecule has 140 valence electrons. The van der Waals surface area contributed by atoms with Crippen molar-refractivity contribution in [3.8, 4) is 11.5 Å². The van der Waals surface area contributed by atoms with Gasteiger partial charge >= 0.3 is 5.97 Å². The maximum atomic E-state index is 11.9. The monoisotopic (exact) mass is 380 g/mol. The standard InChI is InChI=1S/C17H20N2O6S/c1-2-17(22,23)10-19-13-8-11(16(20)21)9-14(26(18)24)15(13)25-12-6-4-3-5-7-12/h3-9,19,22-23H,2,10,18H2,1H3,(H,20,21). The molecule has 0 aliphatic carbocycles. The SMILES string of the molecule is CCC(O)(O)CNc1cc(C(=O)O)cc(S(N)=O)c1Oc1ccccc1. The summed E-state index contributed by atoms with van der Waals surface area (Å²) in [4.78, 5) is 11.3. The van der Waals surface area contributed by atoms with Crippen molar-refractivity contribution in [2.75, 3.05) is 11.9 Å². The summed E-state index contributed by atoms with van der Waals surface area (Å²) < 4.78 is 17.7. The van der Waals surface area contributed by atoms with Crippen LogP contribution in [0.1, 0.15) is 23.7 Å². The van der Waals surface area contributed by atoms with Gasteiger partial charge in [0.25, 0.3) is 0 Å². The number of hydrogen-bond acceptors (Lipinski definition) is 6. The Kier molecular flexibility index (Phi) is 6.32. The van der Waals surface area contributed by atoms with E-state index in [1.807, 2.05) is 0 Å². The number of nitrogens with one attached hydrogen (secondary N) is 1. The van der Waals surface area contributed by atoms with Crippen molar-refractivity contribution in [1.29, 1.82) is 0 Å². The lowest BCUT2D eigenvalue weighted by molar-refractivity contribution is -0.149. The van der Waals surface area contributed by atoms with Gasteiger partial charge in [-0.25, -0.2) is 14.1 Å². The minimum Gasteiger partial charge on any atom is -0.478 e. The summed E-state index contributed by atoms with van der Waals surface area (Å²) in [6.45, 7) is 1.28. The van der Waals surface area contributed by atoms with E-state index >= 15 is 0 Å². The topological polar surface area (TPSA) is 142 Å². The van der Waals surface area contributed by atoms with Crippen LogP contribution in [0.4, 0.5) is 5.69 Å². The van der Waals surface area contributed by atoms with Gasteiger partial charge < -0.3 is 25.4 Å². The van der Waals surface area contributed by atoms with Gasteiger partial charge in [0.05, 0.1) is 22.7 Å². The third kappa shape index (κ3) is 5.02. The number of carboxylic acids is 1. The van der Waals surface area contributed by atoms with Crippen molar-refractivity contribution in [2.45, 2.75) is 24.0 Å². The van der Waals surface area contributed by atoms with Crippen LogP contribution >= 0.6 is 0 Å². The van der Waals surface area contributed by atoms with Gasteiger partial charge in [-0.1, -0.05) is 25.1 Å². The molecule has 0 saturated heterocycles. The largest absolute Gasteiger partial charge is 0.478 e. The van der Waals surface area contributed by atoms with Crippen LogP contribution < -0.4 is 15.2 Å². The van der Waals surface area contributed by atoms with Crippen LogP contribution in [0.5, 0.6) is 11.5 Å². The van der Waals surface area contributed by atoms with Gasteiger partial charge in [-0.2, -0.15) is 0 Å². The molecule has 0 aliphatic rings. The van der Waals surface area contributed by atoms with Crippen LogP contribution in [0.15, 0.2) is 47.4 Å². The first-order valence-corrected chi connectivity index (χ1v) is 8.94. The summed E-state index contributed by atoms with van der Waals surface area (Å²) in [5, 5.41) is 37.0. The second kappa shape index (κ2) is 8.28. The Hall–Kier alpha value is -2.46. The Bertz CT molecular complexity index is 810. The highest BCUT2D eigenvalue weighted by Crippen LogP contribution is 2.36. The summed E-state index contributed by atoms with van der Waals surface area (Å²) in [5.41, 5.74) is -0.0387. The van der Waals surface area contributed by atoms with E-state index in [0.29, 0.717) is 5.75 Å². The first-order valence-electron chi connectivity index (χ1n) is 7.72. The van der Waals surface area contributed by atoms with E-state index in [2.05, 4.69) is 5.32 Å². The first-order chi connectivity index (χ1) is 12.2. The average Bonchev–Trinajstić information content (AvgIpc) is 2.61. The predicted molar refractivity (Wildman–Crippen MR) is 96.5 cm³/mol. The molecule has 0 heterocycles. The van der Waals surface area contributed by atoms with Gasteiger partial charge in [0, 0.05) is 0 Å². The van der Waals surface area contributed by atoms with Gasteiger partial charge in [-0.05, 0) is 30.7 Å². The number of hydrogen-bond donors (Lipinski definition) is 5. The van der Waals surface area contributed by atoms with E-state index in [1.54, 1.807) is 37.3 Å². The number of para-hydroxylation sites is 1. The van der Waals surface area contributed by atoms with E-state index in [4.69, 9.17) is 9.88 Å². The molecule has 9 heteroatoms. The number of anilines is 1. The molecule has 8 nitrogen and oxygen atoms in total. The highest BCUT2D eigenvalue weighted by molar-refractivity contribution is 7.82. The zero-order valence-electron chi connectivity index (χ0n) is 14.0. The molecular formula is C17H20N2O6S. The van der Waals surface area contributed by atoms with Crippen molar-refractivity contribution in [3.05, 3.63) is 48.0 Å². The molecule has 26 heavy (non-hydrogen) atoms. The molecule has 0 fully saturated rings. The number of carboxylic acid groups (broad SMARTS) is 1. The van der Waals surface area contributed by atoms with Crippen molar-refractivity contribution < 1.29 is 29.1 Å². The maximum absolute atomic E-state index is 11.9. The molecule has 0 radical (unpaired) electrons. The smallest absolute Gasteiger partial charge is 0.335 e. The summed E-state index contributed by atoms with van der Waals surface area (Å²) >= 11 is 0. The summed E-state index contributed by atoms with van der Waals surface area (Å²) in [7, 11) is -2.03. The molecule has 0 amide bonds. The minimum atomic E-state index is -2.03. The fourth-order valence-corrected chi connectivity index (χ4v) is 2.66. The number of carbonyl (C=O) groups is 1. The van der Waals surface area contributed by atoms with Crippen molar-refractivity contribution in [1.82, 2.24) is 0 Å². The molecule has 1 atom stereocenters. The molecule has 0 spiro atoms. The van der Waals surface area contributed by atoms with Crippen LogP contribution in [0.3, 0.4) is 0 Å². The molecule has 0 aliphatic heterocycles. The minimum absolute atomic E-state index is 0.0331. The summed E-state index contributed by atoms with van der Waals surface area (Å²) in [6, 6.07) is 11.0. The normalized spacial score (nSPS) is 12.5. The van der Waals surface area contributed by atoms with E-state index in [9.17, 15) is 24.3 Å². The molecule has 2 rings (SSSR count). The number of nitrogens with two attached hydrogens (primary N) is 1. The lowest BCUT2D eigenvalue weighted by atomic mass is 10.1. The predicted octanol–water partition coefficient (Wildman–Crippen LogP) is 1.66. The van der Waals surface area contributed by atoms with Crippen molar-refractivity contribution in [3.63, 3.8) is 0 Å². The van der Waals surface area contributed by atoms with Crippen LogP contribution in [0, 0.1) is 0 Å². The molecule has 1 unspecified atom stereocenters. The second-order valence-corrected chi connectivity index (χ2v) is 6.59. The molecule has 6 N–H and O–H groups in total. The molecule has 0 saturated carbocycles. The van der Waals surface area contributed by atoms with Gasteiger partial charge in [0.1, 0.15) is 16.7 Å². The highest BCUT2D eigenvalue weighted by atomic mass is 32.2. The van der Waals surface area contributed by atoms with Crippen LogP contribution in [0.25, 0.3) is 0 Å². The van der Waals surface area contributed by atoms with E-state index < -0.39 is 22.7 Å². The lowest BCUT2D eigenvalue weighted by Gasteiger charge is -2.23. The molecule has 2 aromatic carbocycles. The van der Waals surface area contributed by atoms with Crippen molar-refractivity contribution in [2.24, 2.45) is 5.14 Å². The Morgan fingerprint density at radius 2 is 1.92 bits per heavy atom. The van der Waals surface area contributed by atoms with Gasteiger partial charge in [0.2, 0.25) is 0 Å². The number of benzene rings is 2. The fourth-order valence-electron chi connectivity index (χ4n) is 2.08. The lowest BCUT2D eigenvalue weighted by Crippen LogP contribution is -2.35. The second-order valence-electron chi connectivity index (χ2n) is 5.56. The number of rotatable bonds is 8. The first kappa shape index (κ1) is 19.9. The number of aromatic carboxylic acids is 1. The van der Waals surface area contributed by atoms with Gasteiger partial charge in [-0.15, -0.1) is 0 Å². The van der Waals surface area contributed by atoms with E-state index in [-0.39, 0.29) is 34.9 Å². The Morgan fingerprint density at radius 3 is 2.46 bits per heavy atom. The summed E-state index contributed by atoms with van der Waals surface area (Å²) in [6.07, 6.45) is 0.0448. The average molecular weight is 380 g/mol.